The summed E-state index contributed by atoms with van der Waals surface area (Å²) in [7, 11) is -3.89. The number of halogens is 2. The summed E-state index contributed by atoms with van der Waals surface area (Å²) in [5.74, 6) is 0.317. The predicted molar refractivity (Wildman–Crippen MR) is 128 cm³/mol. The van der Waals surface area contributed by atoms with Gasteiger partial charge in [0, 0.05) is 5.69 Å². The minimum Gasteiger partial charge on any atom is -0.480 e. The van der Waals surface area contributed by atoms with Gasteiger partial charge in [0.1, 0.15) is 5.75 Å². The Hall–Kier alpha value is -2.74. The lowest BCUT2D eigenvalue weighted by molar-refractivity contribution is -0.122. The van der Waals surface area contributed by atoms with E-state index in [0.717, 1.165) is 5.56 Å². The highest BCUT2D eigenvalue weighted by Crippen LogP contribution is 2.31. The molecule has 6 nitrogen and oxygen atoms in total. The molecule has 0 saturated carbocycles. The average Bonchev–Trinajstić information content (AvgIpc) is 2.76. The molecule has 9 heteroatoms. The molecule has 0 aliphatic carbocycles. The van der Waals surface area contributed by atoms with Gasteiger partial charge in [-0.25, -0.2) is 8.42 Å². The zero-order chi connectivity index (χ0) is 23.3. The molecule has 0 bridgehead atoms. The van der Waals surface area contributed by atoms with Crippen molar-refractivity contribution in [3.8, 4) is 5.75 Å². The van der Waals surface area contributed by atoms with Crippen LogP contribution in [0, 0.1) is 6.92 Å². The summed E-state index contributed by atoms with van der Waals surface area (Å²) < 4.78 is 33.6. The van der Waals surface area contributed by atoms with E-state index >= 15 is 0 Å². The smallest absolute Gasteiger partial charge is 0.265 e. The fourth-order valence-corrected chi connectivity index (χ4v) is 4.37. The zero-order valence-corrected chi connectivity index (χ0v) is 19.8. The second-order valence-electron chi connectivity index (χ2n) is 7.00. The number of hydrogen-bond acceptors (Lipinski definition) is 4. The highest BCUT2D eigenvalue weighted by molar-refractivity contribution is 7.92. The van der Waals surface area contributed by atoms with Gasteiger partial charge in [0.15, 0.2) is 6.10 Å². The first kappa shape index (κ1) is 23.9. The van der Waals surface area contributed by atoms with Gasteiger partial charge < -0.3 is 10.1 Å². The molecule has 1 atom stereocenters. The van der Waals surface area contributed by atoms with Gasteiger partial charge in [-0.15, -0.1) is 0 Å². The van der Waals surface area contributed by atoms with Crippen LogP contribution in [0.4, 0.5) is 11.4 Å². The third-order valence-corrected chi connectivity index (χ3v) is 6.85. The maximum atomic E-state index is 12.7. The summed E-state index contributed by atoms with van der Waals surface area (Å²) in [5.41, 5.74) is 1.55. The number of carbonyl (C=O) groups excluding carboxylic acids is 1. The van der Waals surface area contributed by atoms with Crippen LogP contribution in [0.2, 0.25) is 10.0 Å². The number of carbonyl (C=O) groups is 1. The number of anilines is 2. The van der Waals surface area contributed by atoms with Crippen LogP contribution in [0.25, 0.3) is 0 Å². The number of ether oxygens (including phenoxy) is 1. The summed E-state index contributed by atoms with van der Waals surface area (Å²) in [4.78, 5) is 12.7. The van der Waals surface area contributed by atoms with E-state index < -0.39 is 16.1 Å². The lowest BCUT2D eigenvalue weighted by Crippen LogP contribution is -2.32. The van der Waals surface area contributed by atoms with Crippen molar-refractivity contribution in [2.75, 3.05) is 10.0 Å². The molecule has 0 fully saturated rings. The lowest BCUT2D eigenvalue weighted by atomic mass is 10.2. The van der Waals surface area contributed by atoms with Gasteiger partial charge >= 0.3 is 0 Å². The van der Waals surface area contributed by atoms with Crippen molar-refractivity contribution in [1.82, 2.24) is 0 Å². The summed E-state index contributed by atoms with van der Waals surface area (Å²) in [6, 6.07) is 17.9. The highest BCUT2D eigenvalue weighted by Gasteiger charge is 2.20. The van der Waals surface area contributed by atoms with Crippen molar-refractivity contribution in [1.29, 1.82) is 0 Å². The van der Waals surface area contributed by atoms with Crippen LogP contribution in [0.3, 0.4) is 0 Å². The lowest BCUT2D eigenvalue weighted by Gasteiger charge is -2.18. The van der Waals surface area contributed by atoms with Crippen molar-refractivity contribution >= 4 is 50.5 Å². The zero-order valence-electron chi connectivity index (χ0n) is 17.4. The van der Waals surface area contributed by atoms with Gasteiger partial charge in [0.2, 0.25) is 0 Å². The summed E-state index contributed by atoms with van der Waals surface area (Å²) >= 11 is 12.0. The number of sulfonamides is 1. The first-order valence-electron chi connectivity index (χ1n) is 9.81. The Balaban J connectivity index is 1.70. The highest BCUT2D eigenvalue weighted by atomic mass is 35.5. The van der Waals surface area contributed by atoms with Crippen molar-refractivity contribution in [2.24, 2.45) is 0 Å². The number of benzene rings is 3. The van der Waals surface area contributed by atoms with E-state index in [1.54, 1.807) is 12.1 Å². The van der Waals surface area contributed by atoms with E-state index in [9.17, 15) is 13.2 Å². The first-order chi connectivity index (χ1) is 15.2. The second-order valence-corrected chi connectivity index (χ2v) is 9.47. The molecule has 0 saturated heterocycles. The van der Waals surface area contributed by atoms with Crippen molar-refractivity contribution in [2.45, 2.75) is 31.3 Å². The van der Waals surface area contributed by atoms with E-state index in [1.807, 2.05) is 38.1 Å². The Kier molecular flexibility index (Phi) is 7.66. The predicted octanol–water partition coefficient (Wildman–Crippen LogP) is 5.90. The Morgan fingerprint density at radius 3 is 2.34 bits per heavy atom. The van der Waals surface area contributed by atoms with Gasteiger partial charge in [0.25, 0.3) is 15.9 Å². The molecular weight excluding hydrogens is 471 g/mol. The van der Waals surface area contributed by atoms with Crippen LogP contribution in [0.15, 0.2) is 71.6 Å². The van der Waals surface area contributed by atoms with E-state index in [0.29, 0.717) is 17.9 Å². The molecule has 3 rings (SSSR count). The monoisotopic (exact) mass is 492 g/mol. The number of hydrogen-bond donors (Lipinski definition) is 2. The quantitative estimate of drug-likeness (QED) is 0.409. The summed E-state index contributed by atoms with van der Waals surface area (Å²) in [6.07, 6.45) is -0.220. The van der Waals surface area contributed by atoms with Crippen molar-refractivity contribution in [3.05, 3.63) is 82.3 Å². The maximum absolute atomic E-state index is 12.7. The molecule has 0 radical (unpaired) electrons. The largest absolute Gasteiger partial charge is 0.480 e. The van der Waals surface area contributed by atoms with Crippen LogP contribution in [-0.2, 0) is 14.8 Å². The van der Waals surface area contributed by atoms with Gasteiger partial charge in [0.05, 0.1) is 20.6 Å². The van der Waals surface area contributed by atoms with Crippen LogP contribution >= 0.6 is 23.2 Å². The molecule has 0 spiro atoms. The number of rotatable bonds is 8. The maximum Gasteiger partial charge on any atom is 0.265 e. The number of nitrogens with one attached hydrogen (secondary N) is 2. The molecule has 3 aromatic rings. The number of para-hydroxylation sites is 1. The standard InChI is InChI=1S/C23H22Cl2N2O4S/c1-3-20(31-21-10-5-4-7-15(21)2)23(28)26-16-11-13-17(14-12-16)32(29,30)27-19-9-6-8-18(24)22(19)25/h4-14,20,27H,3H2,1-2H3,(H,26,28)/t20-/m0/s1. The second kappa shape index (κ2) is 10.3. The van der Waals surface area contributed by atoms with Gasteiger partial charge in [-0.3, -0.25) is 9.52 Å². The number of aryl methyl sites for hydroxylation is 1. The summed E-state index contributed by atoms with van der Waals surface area (Å²) in [6.45, 7) is 3.76. The molecule has 168 valence electrons. The van der Waals surface area contributed by atoms with Crippen LogP contribution in [0.1, 0.15) is 18.9 Å². The molecule has 0 aliphatic rings. The van der Waals surface area contributed by atoms with Crippen molar-refractivity contribution < 1.29 is 17.9 Å². The Morgan fingerprint density at radius 2 is 1.69 bits per heavy atom. The van der Waals surface area contributed by atoms with E-state index in [-0.39, 0.29) is 26.5 Å². The Labute approximate surface area is 197 Å². The molecule has 32 heavy (non-hydrogen) atoms. The first-order valence-corrected chi connectivity index (χ1v) is 12.0. The van der Waals surface area contributed by atoms with Gasteiger partial charge in [-0.05, 0) is 61.4 Å². The van der Waals surface area contributed by atoms with Crippen LogP contribution < -0.4 is 14.8 Å². The van der Waals surface area contributed by atoms with Gasteiger partial charge in [-0.2, -0.15) is 0 Å². The molecular formula is C23H22Cl2N2O4S. The third-order valence-electron chi connectivity index (χ3n) is 4.65. The molecule has 0 heterocycles. The minimum absolute atomic E-state index is 0.00902. The van der Waals surface area contributed by atoms with Crippen LogP contribution in [-0.4, -0.2) is 20.4 Å². The fourth-order valence-electron chi connectivity index (χ4n) is 2.89. The molecule has 1 amide bonds. The van der Waals surface area contributed by atoms with E-state index in [4.69, 9.17) is 27.9 Å². The Bertz CT molecular complexity index is 1210. The third kappa shape index (κ3) is 5.73. The van der Waals surface area contributed by atoms with Crippen molar-refractivity contribution in [3.63, 3.8) is 0 Å². The van der Waals surface area contributed by atoms with Crippen LogP contribution in [0.5, 0.6) is 5.75 Å². The van der Waals surface area contributed by atoms with E-state index in [1.165, 1.54) is 30.3 Å². The Morgan fingerprint density at radius 1 is 1.00 bits per heavy atom. The van der Waals surface area contributed by atoms with Gasteiger partial charge in [-0.1, -0.05) is 54.4 Å². The molecule has 0 aromatic heterocycles. The molecule has 3 aromatic carbocycles. The average molecular weight is 493 g/mol. The normalized spacial score (nSPS) is 12.1. The molecule has 0 unspecified atom stereocenters. The fraction of sp³-hybridized carbons (Fsp3) is 0.174. The SMILES string of the molecule is CC[C@H](Oc1ccccc1C)C(=O)Nc1ccc(S(=O)(=O)Nc2cccc(Cl)c2Cl)cc1. The molecule has 2 N–H and O–H groups in total. The van der Waals surface area contributed by atoms with E-state index in [2.05, 4.69) is 10.0 Å². The summed E-state index contributed by atoms with van der Waals surface area (Å²) in [5, 5.41) is 3.11. The number of amides is 1. The topological polar surface area (TPSA) is 84.5 Å². The molecule has 0 aliphatic heterocycles. The minimum atomic E-state index is -3.89.